The topological polar surface area (TPSA) is 9.23 Å². The van der Waals surface area contributed by atoms with E-state index in [-0.39, 0.29) is 11.3 Å². The van der Waals surface area contributed by atoms with Crippen LogP contribution < -0.4 is 4.74 Å². The predicted molar refractivity (Wildman–Crippen MR) is 58.3 cm³/mol. The first-order valence-electron chi connectivity index (χ1n) is 4.91. The summed E-state index contributed by atoms with van der Waals surface area (Å²) in [4.78, 5) is 0. The van der Waals surface area contributed by atoms with Gasteiger partial charge in [-0.15, -0.1) is 0 Å². The first-order chi connectivity index (χ1) is 8.13. The zero-order valence-corrected chi connectivity index (χ0v) is 9.01. The van der Waals surface area contributed by atoms with Crippen LogP contribution in [0.15, 0.2) is 36.4 Å². The van der Waals surface area contributed by atoms with Crippen molar-refractivity contribution < 1.29 is 17.9 Å². The fourth-order valence-electron chi connectivity index (χ4n) is 1.55. The van der Waals surface area contributed by atoms with Crippen LogP contribution in [0.2, 0.25) is 0 Å². The summed E-state index contributed by atoms with van der Waals surface area (Å²) in [6, 6.07) is 7.69. The van der Waals surface area contributed by atoms with Crippen LogP contribution in [0.3, 0.4) is 0 Å². The van der Waals surface area contributed by atoms with Gasteiger partial charge in [0.05, 0.1) is 7.11 Å². The van der Waals surface area contributed by atoms with Crippen LogP contribution in [0.25, 0.3) is 11.1 Å². The van der Waals surface area contributed by atoms with Crippen LogP contribution in [0.5, 0.6) is 5.75 Å². The summed E-state index contributed by atoms with van der Waals surface area (Å²) in [5.74, 6) is -2.45. The second-order valence-electron chi connectivity index (χ2n) is 3.45. The van der Waals surface area contributed by atoms with E-state index in [1.807, 2.05) is 0 Å². The third-order valence-electron chi connectivity index (χ3n) is 2.41. The molecule has 0 heterocycles. The van der Waals surface area contributed by atoms with E-state index in [1.54, 1.807) is 0 Å². The molecule has 4 heteroatoms. The van der Waals surface area contributed by atoms with Gasteiger partial charge in [0.2, 0.25) is 0 Å². The Morgan fingerprint density at radius 2 is 1.71 bits per heavy atom. The van der Waals surface area contributed by atoms with Gasteiger partial charge < -0.3 is 4.74 Å². The first kappa shape index (κ1) is 11.5. The van der Waals surface area contributed by atoms with Crippen LogP contribution >= 0.6 is 0 Å². The number of methoxy groups -OCH3 is 1. The van der Waals surface area contributed by atoms with Gasteiger partial charge in [-0.3, -0.25) is 0 Å². The molecule has 88 valence electrons. The van der Waals surface area contributed by atoms with E-state index in [2.05, 4.69) is 0 Å². The molecule has 0 saturated heterocycles. The van der Waals surface area contributed by atoms with Crippen molar-refractivity contribution >= 4 is 0 Å². The monoisotopic (exact) mass is 238 g/mol. The average molecular weight is 238 g/mol. The standard InChI is InChI=1S/C13H9F3O/c1-17-12-7-8(5-6-10(12)14)9-3-2-4-11(15)13(9)16/h2-7H,1H3. The molecule has 0 aliphatic carbocycles. The van der Waals surface area contributed by atoms with Gasteiger partial charge in [-0.25, -0.2) is 13.2 Å². The summed E-state index contributed by atoms with van der Waals surface area (Å²) in [5, 5.41) is 0. The molecule has 0 amide bonds. The molecule has 0 spiro atoms. The Bertz CT molecular complexity index is 552. The molecule has 1 nitrogen and oxygen atoms in total. The third kappa shape index (κ3) is 2.11. The van der Waals surface area contributed by atoms with E-state index in [1.165, 1.54) is 31.4 Å². The van der Waals surface area contributed by atoms with Crippen LogP contribution in [0.1, 0.15) is 0 Å². The second kappa shape index (κ2) is 4.49. The lowest BCUT2D eigenvalue weighted by molar-refractivity contribution is 0.386. The smallest absolute Gasteiger partial charge is 0.166 e. The maximum absolute atomic E-state index is 13.5. The summed E-state index contributed by atoms with van der Waals surface area (Å²) < 4.78 is 44.5. The average Bonchev–Trinajstić information content (AvgIpc) is 2.34. The van der Waals surface area contributed by atoms with E-state index in [4.69, 9.17) is 4.74 Å². The van der Waals surface area contributed by atoms with E-state index in [0.717, 1.165) is 12.1 Å². The van der Waals surface area contributed by atoms with Crippen molar-refractivity contribution in [3.8, 4) is 16.9 Å². The van der Waals surface area contributed by atoms with Crippen molar-refractivity contribution in [3.05, 3.63) is 53.8 Å². The fourth-order valence-corrected chi connectivity index (χ4v) is 1.55. The summed E-state index contributed by atoms with van der Waals surface area (Å²) in [7, 11) is 1.31. The lowest BCUT2D eigenvalue weighted by Gasteiger charge is -2.07. The number of rotatable bonds is 2. The quantitative estimate of drug-likeness (QED) is 0.773. The van der Waals surface area contributed by atoms with Gasteiger partial charge in [-0.1, -0.05) is 18.2 Å². The Morgan fingerprint density at radius 1 is 0.941 bits per heavy atom. The van der Waals surface area contributed by atoms with Crippen LogP contribution in [-0.4, -0.2) is 7.11 Å². The Labute approximate surface area is 96.5 Å². The van der Waals surface area contributed by atoms with Crippen molar-refractivity contribution in [2.75, 3.05) is 7.11 Å². The van der Waals surface area contributed by atoms with Gasteiger partial charge in [-0.2, -0.15) is 0 Å². The fraction of sp³-hybridized carbons (Fsp3) is 0.0769. The molecule has 0 saturated carbocycles. The molecule has 0 atom stereocenters. The van der Waals surface area contributed by atoms with E-state index >= 15 is 0 Å². The van der Waals surface area contributed by atoms with Crippen molar-refractivity contribution in [2.24, 2.45) is 0 Å². The van der Waals surface area contributed by atoms with Crippen molar-refractivity contribution in [1.82, 2.24) is 0 Å². The van der Waals surface area contributed by atoms with Gasteiger partial charge in [0.25, 0.3) is 0 Å². The maximum Gasteiger partial charge on any atom is 0.166 e. The molecule has 0 N–H and O–H groups in total. The summed E-state index contributed by atoms with van der Waals surface area (Å²) in [6.45, 7) is 0. The van der Waals surface area contributed by atoms with Crippen molar-refractivity contribution in [1.29, 1.82) is 0 Å². The lowest BCUT2D eigenvalue weighted by Crippen LogP contribution is -1.92. The molecule has 0 radical (unpaired) electrons. The molecule has 0 unspecified atom stereocenters. The zero-order chi connectivity index (χ0) is 12.4. The molecule has 0 aromatic heterocycles. The molecule has 0 bridgehead atoms. The van der Waals surface area contributed by atoms with Crippen molar-refractivity contribution in [2.45, 2.75) is 0 Å². The minimum absolute atomic E-state index is 0.00818. The van der Waals surface area contributed by atoms with Gasteiger partial charge >= 0.3 is 0 Å². The molecule has 2 aromatic carbocycles. The maximum atomic E-state index is 13.5. The highest BCUT2D eigenvalue weighted by molar-refractivity contribution is 5.66. The molecule has 0 fully saturated rings. The summed E-state index contributed by atoms with van der Waals surface area (Å²) in [6.07, 6.45) is 0. The zero-order valence-electron chi connectivity index (χ0n) is 9.01. The molecular weight excluding hydrogens is 229 g/mol. The number of hydrogen-bond acceptors (Lipinski definition) is 1. The van der Waals surface area contributed by atoms with Gasteiger partial charge in [-0.05, 0) is 23.8 Å². The number of ether oxygens (including phenoxy) is 1. The van der Waals surface area contributed by atoms with Gasteiger partial charge in [0.1, 0.15) is 0 Å². The Kier molecular flexibility index (Phi) is 3.04. The van der Waals surface area contributed by atoms with Gasteiger partial charge in [0, 0.05) is 5.56 Å². The number of halogens is 3. The number of hydrogen-bond donors (Lipinski definition) is 0. The van der Waals surface area contributed by atoms with Crippen LogP contribution in [-0.2, 0) is 0 Å². The minimum atomic E-state index is -0.957. The minimum Gasteiger partial charge on any atom is -0.494 e. The highest BCUT2D eigenvalue weighted by Gasteiger charge is 2.11. The second-order valence-corrected chi connectivity index (χ2v) is 3.45. The largest absolute Gasteiger partial charge is 0.494 e. The molecule has 0 aliphatic rings. The molecule has 0 aliphatic heterocycles. The summed E-state index contributed by atoms with van der Waals surface area (Å²) >= 11 is 0. The molecular formula is C13H9F3O. The molecule has 2 rings (SSSR count). The first-order valence-corrected chi connectivity index (χ1v) is 4.91. The Morgan fingerprint density at radius 3 is 2.41 bits per heavy atom. The van der Waals surface area contributed by atoms with Crippen LogP contribution in [0, 0.1) is 17.5 Å². The predicted octanol–water partition coefficient (Wildman–Crippen LogP) is 3.78. The Hall–Kier alpha value is -1.97. The highest BCUT2D eigenvalue weighted by atomic mass is 19.2. The van der Waals surface area contributed by atoms with E-state index < -0.39 is 17.5 Å². The molecule has 2 aromatic rings. The van der Waals surface area contributed by atoms with E-state index in [0.29, 0.717) is 5.56 Å². The molecule has 17 heavy (non-hydrogen) atoms. The number of benzene rings is 2. The van der Waals surface area contributed by atoms with Crippen molar-refractivity contribution in [3.63, 3.8) is 0 Å². The van der Waals surface area contributed by atoms with Crippen LogP contribution in [0.4, 0.5) is 13.2 Å². The lowest BCUT2D eigenvalue weighted by atomic mass is 10.0. The summed E-state index contributed by atoms with van der Waals surface area (Å²) in [5.41, 5.74) is 0.434. The van der Waals surface area contributed by atoms with Gasteiger partial charge in [0.15, 0.2) is 23.2 Å². The Balaban J connectivity index is 2.57. The normalized spacial score (nSPS) is 10.4. The SMILES string of the molecule is COc1cc(-c2cccc(F)c2F)ccc1F. The van der Waals surface area contributed by atoms with E-state index in [9.17, 15) is 13.2 Å². The highest BCUT2D eigenvalue weighted by Crippen LogP contribution is 2.28. The third-order valence-corrected chi connectivity index (χ3v) is 2.41.